The molecule has 0 fully saturated rings. The second-order valence-electron chi connectivity index (χ2n) is 5.99. The number of aromatic nitrogens is 3. The maximum absolute atomic E-state index is 4.38. The van der Waals surface area contributed by atoms with Gasteiger partial charge in [-0.25, -0.2) is 0 Å². The van der Waals surface area contributed by atoms with Crippen LogP contribution < -0.4 is 10.2 Å². The third-order valence-corrected chi connectivity index (χ3v) is 3.21. The van der Waals surface area contributed by atoms with Crippen molar-refractivity contribution >= 4 is 5.95 Å². The minimum atomic E-state index is 0.689. The molecule has 0 aliphatic rings. The first-order chi connectivity index (χ1) is 10.0. The van der Waals surface area contributed by atoms with Crippen molar-refractivity contribution in [3.63, 3.8) is 0 Å². The minimum Gasteiger partial charge on any atom is -0.346 e. The summed E-state index contributed by atoms with van der Waals surface area (Å²) in [6.45, 7) is 6.01. The Kier molecular flexibility index (Phi) is 5.33. The van der Waals surface area contributed by atoms with E-state index in [1.54, 1.807) is 0 Å². The molecule has 0 spiro atoms. The number of hydrogen-bond acceptors (Lipinski definition) is 4. The molecule has 0 bridgehead atoms. The topological polar surface area (TPSA) is 56.8 Å². The molecule has 0 radical (unpaired) electrons. The van der Waals surface area contributed by atoms with Gasteiger partial charge in [-0.2, -0.15) is 4.98 Å². The number of hydrogen-bond donors (Lipinski definition) is 2. The van der Waals surface area contributed by atoms with Gasteiger partial charge in [-0.05, 0) is 23.5 Å². The molecule has 1 aromatic carbocycles. The highest BCUT2D eigenvalue weighted by Gasteiger charge is 2.04. The van der Waals surface area contributed by atoms with Gasteiger partial charge in [-0.1, -0.05) is 38.1 Å². The van der Waals surface area contributed by atoms with Gasteiger partial charge in [0.05, 0.1) is 6.54 Å². The number of rotatable bonds is 7. The lowest BCUT2D eigenvalue weighted by molar-refractivity contribution is 0.645. The van der Waals surface area contributed by atoms with Gasteiger partial charge in [-0.3, -0.25) is 5.10 Å². The normalized spacial score (nSPS) is 11.1. The van der Waals surface area contributed by atoms with Crippen LogP contribution >= 0.6 is 0 Å². The van der Waals surface area contributed by atoms with Gasteiger partial charge in [0.25, 0.3) is 0 Å². The summed E-state index contributed by atoms with van der Waals surface area (Å²) >= 11 is 0. The summed E-state index contributed by atoms with van der Waals surface area (Å²) in [6, 6.07) is 8.82. The quantitative estimate of drug-likeness (QED) is 0.821. The number of anilines is 1. The second-order valence-corrected chi connectivity index (χ2v) is 5.99. The van der Waals surface area contributed by atoms with Gasteiger partial charge in [0, 0.05) is 20.6 Å². The molecular weight excluding hydrogens is 262 g/mol. The lowest BCUT2D eigenvalue weighted by atomic mass is 10.0. The van der Waals surface area contributed by atoms with Gasteiger partial charge in [0.15, 0.2) is 0 Å². The van der Waals surface area contributed by atoms with Crippen LogP contribution in [0.1, 0.15) is 30.8 Å². The van der Waals surface area contributed by atoms with Crippen molar-refractivity contribution in [3.05, 3.63) is 41.2 Å². The molecule has 21 heavy (non-hydrogen) atoms. The van der Waals surface area contributed by atoms with Crippen LogP contribution in [0.2, 0.25) is 0 Å². The van der Waals surface area contributed by atoms with E-state index in [-0.39, 0.29) is 0 Å². The molecule has 0 saturated carbocycles. The van der Waals surface area contributed by atoms with E-state index in [2.05, 4.69) is 58.6 Å². The molecule has 2 aromatic rings. The zero-order chi connectivity index (χ0) is 15.2. The van der Waals surface area contributed by atoms with Crippen LogP contribution in [0.5, 0.6) is 0 Å². The van der Waals surface area contributed by atoms with Gasteiger partial charge in [0.2, 0.25) is 5.95 Å². The Morgan fingerprint density at radius 2 is 1.76 bits per heavy atom. The highest BCUT2D eigenvalue weighted by molar-refractivity contribution is 5.25. The van der Waals surface area contributed by atoms with E-state index in [0.29, 0.717) is 18.4 Å². The molecule has 0 aliphatic carbocycles. The van der Waals surface area contributed by atoms with Crippen LogP contribution in [-0.4, -0.2) is 29.3 Å². The lowest BCUT2D eigenvalue weighted by Crippen LogP contribution is -2.14. The maximum atomic E-state index is 4.38. The van der Waals surface area contributed by atoms with Crippen molar-refractivity contribution in [2.24, 2.45) is 5.92 Å². The van der Waals surface area contributed by atoms with Crippen LogP contribution in [0.15, 0.2) is 24.3 Å². The van der Waals surface area contributed by atoms with Crippen molar-refractivity contribution in [3.8, 4) is 0 Å². The summed E-state index contributed by atoms with van der Waals surface area (Å²) < 4.78 is 0. The van der Waals surface area contributed by atoms with Gasteiger partial charge in [-0.15, -0.1) is 5.10 Å². The Morgan fingerprint density at radius 1 is 1.10 bits per heavy atom. The van der Waals surface area contributed by atoms with Gasteiger partial charge >= 0.3 is 0 Å². The van der Waals surface area contributed by atoms with E-state index in [9.17, 15) is 0 Å². The summed E-state index contributed by atoms with van der Waals surface area (Å²) in [6.07, 6.45) is 1.14. The van der Waals surface area contributed by atoms with E-state index >= 15 is 0 Å². The summed E-state index contributed by atoms with van der Waals surface area (Å²) in [5.41, 5.74) is 2.69. The van der Waals surface area contributed by atoms with Crippen molar-refractivity contribution in [2.75, 3.05) is 19.0 Å². The van der Waals surface area contributed by atoms with Crippen LogP contribution in [-0.2, 0) is 19.5 Å². The predicted molar refractivity (Wildman–Crippen MR) is 86.2 cm³/mol. The van der Waals surface area contributed by atoms with Crippen molar-refractivity contribution in [2.45, 2.75) is 33.4 Å². The first kappa shape index (κ1) is 15.5. The summed E-state index contributed by atoms with van der Waals surface area (Å²) in [5.74, 6) is 2.27. The van der Waals surface area contributed by atoms with Crippen LogP contribution in [0.3, 0.4) is 0 Å². The average molecular weight is 287 g/mol. The third kappa shape index (κ3) is 4.86. The smallest absolute Gasteiger partial charge is 0.244 e. The largest absolute Gasteiger partial charge is 0.346 e. The Labute approximate surface area is 126 Å². The Hall–Kier alpha value is -1.88. The number of nitrogens with one attached hydrogen (secondary N) is 2. The summed E-state index contributed by atoms with van der Waals surface area (Å²) in [7, 11) is 3.86. The molecule has 1 heterocycles. The Balaban J connectivity index is 1.80. The third-order valence-electron chi connectivity index (χ3n) is 3.21. The average Bonchev–Trinajstić information content (AvgIpc) is 2.89. The molecule has 0 saturated heterocycles. The van der Waals surface area contributed by atoms with Crippen molar-refractivity contribution in [1.82, 2.24) is 20.5 Å². The molecule has 0 aliphatic heterocycles. The van der Waals surface area contributed by atoms with Crippen LogP contribution in [0.25, 0.3) is 0 Å². The molecule has 1 aromatic heterocycles. The number of H-pyrrole nitrogens is 1. The van der Waals surface area contributed by atoms with E-state index in [0.717, 1.165) is 18.8 Å². The predicted octanol–water partition coefficient (Wildman–Crippen LogP) is 2.36. The second kappa shape index (κ2) is 7.22. The number of aromatic amines is 1. The summed E-state index contributed by atoms with van der Waals surface area (Å²) in [5, 5.41) is 10.4. The number of nitrogens with zero attached hydrogens (tertiary/aromatic N) is 3. The molecular formula is C16H25N5. The minimum absolute atomic E-state index is 0.689. The molecule has 0 unspecified atom stereocenters. The standard InChI is InChI=1S/C16H25N5/c1-12(2)9-13-5-7-14(8-6-13)10-17-11-15-18-16(20-19-15)21(3)4/h5-8,12,17H,9-11H2,1-4H3,(H,18,19,20). The molecule has 5 heteroatoms. The fourth-order valence-electron chi connectivity index (χ4n) is 2.15. The summed E-state index contributed by atoms with van der Waals surface area (Å²) in [4.78, 5) is 6.27. The Bertz CT molecular complexity index is 542. The monoisotopic (exact) mass is 287 g/mol. The fraction of sp³-hybridized carbons (Fsp3) is 0.500. The first-order valence-corrected chi connectivity index (χ1v) is 7.41. The molecule has 114 valence electrons. The van der Waals surface area contributed by atoms with E-state index in [1.165, 1.54) is 11.1 Å². The van der Waals surface area contributed by atoms with Crippen LogP contribution in [0, 0.1) is 5.92 Å². The zero-order valence-corrected chi connectivity index (χ0v) is 13.3. The maximum Gasteiger partial charge on any atom is 0.244 e. The highest BCUT2D eigenvalue weighted by atomic mass is 15.3. The first-order valence-electron chi connectivity index (χ1n) is 7.41. The SMILES string of the molecule is CC(C)Cc1ccc(CNCc2nc(N(C)C)n[nH]2)cc1. The van der Waals surface area contributed by atoms with E-state index in [4.69, 9.17) is 0 Å². The zero-order valence-electron chi connectivity index (χ0n) is 13.3. The van der Waals surface area contributed by atoms with Crippen LogP contribution in [0.4, 0.5) is 5.95 Å². The van der Waals surface area contributed by atoms with E-state index in [1.807, 2.05) is 19.0 Å². The van der Waals surface area contributed by atoms with E-state index < -0.39 is 0 Å². The van der Waals surface area contributed by atoms with Crippen molar-refractivity contribution < 1.29 is 0 Å². The molecule has 2 rings (SSSR count). The van der Waals surface area contributed by atoms with Crippen molar-refractivity contribution in [1.29, 1.82) is 0 Å². The molecule has 5 nitrogen and oxygen atoms in total. The van der Waals surface area contributed by atoms with Gasteiger partial charge < -0.3 is 10.2 Å². The lowest BCUT2D eigenvalue weighted by Gasteiger charge is -2.07. The molecule has 0 atom stereocenters. The number of benzene rings is 1. The molecule has 0 amide bonds. The highest BCUT2D eigenvalue weighted by Crippen LogP contribution is 2.10. The fourth-order valence-corrected chi connectivity index (χ4v) is 2.15. The van der Waals surface area contributed by atoms with Gasteiger partial charge in [0.1, 0.15) is 5.82 Å². The Morgan fingerprint density at radius 3 is 2.33 bits per heavy atom. The molecule has 2 N–H and O–H groups in total.